The van der Waals surface area contributed by atoms with Crippen molar-refractivity contribution in [3.8, 4) is 5.75 Å². The molecule has 1 N–H and O–H groups in total. The van der Waals surface area contributed by atoms with Crippen LogP contribution in [0.4, 0.5) is 4.79 Å². The van der Waals surface area contributed by atoms with Crippen molar-refractivity contribution >= 4 is 28.2 Å². The van der Waals surface area contributed by atoms with Crippen molar-refractivity contribution in [2.24, 2.45) is 5.92 Å². The van der Waals surface area contributed by atoms with E-state index in [-0.39, 0.29) is 12.5 Å². The Morgan fingerprint density at radius 3 is 2.31 bits per heavy atom. The summed E-state index contributed by atoms with van der Waals surface area (Å²) in [6.07, 6.45) is 6.46. The monoisotopic (exact) mass is 600 g/mol. The number of hydrogen-bond acceptors (Lipinski definition) is 7. The number of sulfonamides is 1. The molecule has 1 atom stereocenters. The van der Waals surface area contributed by atoms with E-state index in [1.165, 1.54) is 13.2 Å². The predicted octanol–water partition coefficient (Wildman–Crippen LogP) is 5.56. The van der Waals surface area contributed by atoms with Crippen LogP contribution in [-0.4, -0.2) is 63.8 Å². The van der Waals surface area contributed by atoms with Gasteiger partial charge in [0.15, 0.2) is 0 Å². The van der Waals surface area contributed by atoms with E-state index in [0.717, 1.165) is 61.7 Å². The van der Waals surface area contributed by atoms with Gasteiger partial charge in [-0.3, -0.25) is 4.79 Å². The van der Waals surface area contributed by atoms with Gasteiger partial charge in [-0.05, 0) is 88.1 Å². The molecule has 10 heteroatoms. The van der Waals surface area contributed by atoms with E-state index in [2.05, 4.69) is 4.72 Å². The standard InChI is InChI=1S/C32H44N2O7S/c1-32(2,3)41-31(36)34-20-17-26(18-21-34)12-8-9-22-40-28-15-13-27(14-16-28)24-29(30(35)39-4)33-42(37,38)23-19-25-10-6-5-7-11-25/h5-7,10-11,13-16,19,23,26,29,33H,8-9,12,17-18,20-22,24H2,1-4H3/b23-19+. The van der Waals surface area contributed by atoms with E-state index in [4.69, 9.17) is 14.2 Å². The molecular formula is C32H44N2O7S. The molecule has 1 fully saturated rings. The molecule has 9 nitrogen and oxygen atoms in total. The Labute approximate surface area is 250 Å². The van der Waals surface area contributed by atoms with Crippen molar-refractivity contribution < 1.29 is 32.2 Å². The molecule has 1 saturated heterocycles. The zero-order valence-corrected chi connectivity index (χ0v) is 25.9. The number of esters is 1. The van der Waals surface area contributed by atoms with Crippen molar-refractivity contribution in [2.75, 3.05) is 26.8 Å². The summed E-state index contributed by atoms with van der Waals surface area (Å²) in [5, 5.41) is 1.04. The second-order valence-corrected chi connectivity index (χ2v) is 13.2. The number of unbranched alkanes of at least 4 members (excludes halogenated alkanes) is 1. The molecule has 42 heavy (non-hydrogen) atoms. The smallest absolute Gasteiger partial charge is 0.410 e. The van der Waals surface area contributed by atoms with Gasteiger partial charge in [0, 0.05) is 18.5 Å². The highest BCUT2D eigenvalue weighted by atomic mass is 32.2. The lowest BCUT2D eigenvalue weighted by Crippen LogP contribution is -2.42. The molecule has 0 bridgehead atoms. The van der Waals surface area contributed by atoms with Crippen molar-refractivity contribution in [2.45, 2.75) is 70.9 Å². The fraction of sp³-hybridized carbons (Fsp3) is 0.500. The van der Waals surface area contributed by atoms with E-state index in [1.54, 1.807) is 17.0 Å². The molecule has 1 aliphatic heterocycles. The van der Waals surface area contributed by atoms with Gasteiger partial charge < -0.3 is 19.1 Å². The maximum atomic E-state index is 12.6. The number of carbonyl (C=O) groups is 2. The van der Waals surface area contributed by atoms with E-state index >= 15 is 0 Å². The fourth-order valence-corrected chi connectivity index (χ4v) is 5.69. The van der Waals surface area contributed by atoms with Crippen molar-refractivity contribution in [1.29, 1.82) is 0 Å². The Balaban J connectivity index is 1.39. The van der Waals surface area contributed by atoms with Crippen LogP contribution < -0.4 is 9.46 Å². The molecule has 0 aromatic heterocycles. The number of amides is 1. The van der Waals surface area contributed by atoms with Crippen LogP contribution in [0, 0.1) is 5.92 Å². The average Bonchev–Trinajstić information content (AvgIpc) is 2.96. The number of hydrogen-bond donors (Lipinski definition) is 1. The first kappa shape index (κ1) is 33.1. The van der Waals surface area contributed by atoms with E-state index < -0.39 is 27.6 Å². The second-order valence-electron chi connectivity index (χ2n) is 11.6. The van der Waals surface area contributed by atoms with E-state index in [9.17, 15) is 18.0 Å². The maximum Gasteiger partial charge on any atom is 0.410 e. The van der Waals surface area contributed by atoms with Gasteiger partial charge in [0.2, 0.25) is 10.0 Å². The van der Waals surface area contributed by atoms with Crippen LogP contribution in [0.1, 0.15) is 64.0 Å². The summed E-state index contributed by atoms with van der Waals surface area (Å²) in [5.41, 5.74) is 1.03. The van der Waals surface area contributed by atoms with Gasteiger partial charge in [-0.1, -0.05) is 48.9 Å². The Morgan fingerprint density at radius 1 is 1.02 bits per heavy atom. The van der Waals surface area contributed by atoms with Gasteiger partial charge in [0.1, 0.15) is 17.4 Å². The highest BCUT2D eigenvalue weighted by Gasteiger charge is 2.27. The molecular weight excluding hydrogens is 556 g/mol. The van der Waals surface area contributed by atoms with Gasteiger partial charge in [-0.2, -0.15) is 4.72 Å². The number of nitrogens with one attached hydrogen (secondary N) is 1. The normalized spacial score (nSPS) is 15.4. The fourth-order valence-electron chi connectivity index (χ4n) is 4.70. The quantitative estimate of drug-likeness (QED) is 0.237. The van der Waals surface area contributed by atoms with Gasteiger partial charge >= 0.3 is 12.1 Å². The third kappa shape index (κ3) is 11.9. The lowest BCUT2D eigenvalue weighted by molar-refractivity contribution is -0.142. The van der Waals surface area contributed by atoms with Crippen LogP contribution >= 0.6 is 0 Å². The van der Waals surface area contributed by atoms with E-state index in [0.29, 0.717) is 18.3 Å². The zero-order valence-electron chi connectivity index (χ0n) is 25.1. The Morgan fingerprint density at radius 2 is 1.69 bits per heavy atom. The molecule has 1 aliphatic rings. The maximum absolute atomic E-state index is 12.6. The first-order valence-corrected chi connectivity index (χ1v) is 16.0. The third-order valence-electron chi connectivity index (χ3n) is 6.94. The first-order valence-electron chi connectivity index (χ1n) is 14.5. The summed E-state index contributed by atoms with van der Waals surface area (Å²) in [4.78, 5) is 26.4. The van der Waals surface area contributed by atoms with Gasteiger partial charge in [-0.15, -0.1) is 0 Å². The summed E-state index contributed by atoms with van der Waals surface area (Å²) >= 11 is 0. The summed E-state index contributed by atoms with van der Waals surface area (Å²) < 4.78 is 43.8. The number of likely N-dealkylation sites (tertiary alicyclic amines) is 1. The van der Waals surface area contributed by atoms with Crippen LogP contribution in [0.2, 0.25) is 0 Å². The number of carbonyl (C=O) groups excluding carboxylic acids is 2. The van der Waals surface area contributed by atoms with Crippen molar-refractivity contribution in [3.63, 3.8) is 0 Å². The summed E-state index contributed by atoms with van der Waals surface area (Å²) in [7, 11) is -2.65. The molecule has 1 amide bonds. The SMILES string of the molecule is COC(=O)C(Cc1ccc(OCCCCC2CCN(C(=O)OC(C)(C)C)CC2)cc1)NS(=O)(=O)/C=C/c1ccccc1. The molecule has 0 saturated carbocycles. The number of benzene rings is 2. The molecule has 1 heterocycles. The van der Waals surface area contributed by atoms with Crippen LogP contribution in [-0.2, 0) is 30.7 Å². The third-order valence-corrected chi connectivity index (χ3v) is 8.04. The molecule has 2 aromatic rings. The van der Waals surface area contributed by atoms with E-state index in [1.807, 2.05) is 63.2 Å². The molecule has 2 aromatic carbocycles. The molecule has 0 radical (unpaired) electrons. The lowest BCUT2D eigenvalue weighted by Gasteiger charge is -2.33. The summed E-state index contributed by atoms with van der Waals surface area (Å²) in [6.45, 7) is 7.72. The highest BCUT2D eigenvalue weighted by molar-refractivity contribution is 7.92. The first-order chi connectivity index (χ1) is 19.9. The largest absolute Gasteiger partial charge is 0.494 e. The summed E-state index contributed by atoms with van der Waals surface area (Å²) in [5.74, 6) is 0.657. The molecule has 0 aliphatic carbocycles. The minimum Gasteiger partial charge on any atom is -0.494 e. The van der Waals surface area contributed by atoms with Gasteiger partial charge in [0.05, 0.1) is 13.7 Å². The molecule has 1 unspecified atom stereocenters. The Bertz CT molecular complexity index is 1260. The van der Waals surface area contributed by atoms with Crippen LogP contribution in [0.15, 0.2) is 60.0 Å². The minimum absolute atomic E-state index is 0.137. The number of rotatable bonds is 13. The van der Waals surface area contributed by atoms with Crippen molar-refractivity contribution in [3.05, 3.63) is 71.1 Å². The van der Waals surface area contributed by atoms with Gasteiger partial charge in [-0.25, -0.2) is 13.2 Å². The minimum atomic E-state index is -3.88. The number of methoxy groups -OCH3 is 1. The second kappa shape index (κ2) is 15.7. The summed E-state index contributed by atoms with van der Waals surface area (Å²) in [6, 6.07) is 15.2. The number of nitrogens with zero attached hydrogens (tertiary/aromatic N) is 1. The number of piperidine rings is 1. The number of ether oxygens (including phenoxy) is 3. The predicted molar refractivity (Wildman–Crippen MR) is 163 cm³/mol. The van der Waals surface area contributed by atoms with Crippen LogP contribution in [0.25, 0.3) is 6.08 Å². The molecule has 3 rings (SSSR count). The van der Waals surface area contributed by atoms with Crippen molar-refractivity contribution in [1.82, 2.24) is 9.62 Å². The molecule has 230 valence electrons. The Kier molecular flexibility index (Phi) is 12.4. The van der Waals surface area contributed by atoms with Gasteiger partial charge in [0.25, 0.3) is 0 Å². The Hall–Kier alpha value is -3.37. The molecule has 0 spiro atoms. The zero-order chi connectivity index (χ0) is 30.6. The topological polar surface area (TPSA) is 111 Å². The van der Waals surface area contributed by atoms with Crippen LogP contribution in [0.5, 0.6) is 5.75 Å². The highest BCUT2D eigenvalue weighted by Crippen LogP contribution is 2.24. The lowest BCUT2D eigenvalue weighted by atomic mass is 9.92. The average molecular weight is 601 g/mol. The van der Waals surface area contributed by atoms with Crippen LogP contribution in [0.3, 0.4) is 0 Å².